The van der Waals surface area contributed by atoms with Gasteiger partial charge in [-0.25, -0.2) is 4.39 Å². The summed E-state index contributed by atoms with van der Waals surface area (Å²) in [5.74, 6) is -2.11. The second-order valence-electron chi connectivity index (χ2n) is 3.81. The maximum Gasteiger partial charge on any atom is 0.201 e. The molecule has 0 aliphatic heterocycles. The molecule has 0 aliphatic rings. The van der Waals surface area contributed by atoms with Gasteiger partial charge in [0.05, 0.1) is 5.56 Å². The third-order valence-electron chi connectivity index (χ3n) is 2.39. The lowest BCUT2D eigenvalue weighted by Crippen LogP contribution is -2.11. The molecule has 20 heavy (non-hydrogen) atoms. The molecule has 2 aromatic rings. The molecule has 0 fully saturated rings. The standard InChI is InChI=1S/C13H7Br2F2NOS/c14-6-1-2-8(13(18)20)10(4-6)19-11-5-7(15)3-9(16)12(11)17/h1-5H,(H2,18,20). The van der Waals surface area contributed by atoms with E-state index >= 15 is 0 Å². The molecule has 2 nitrogen and oxygen atoms in total. The Balaban J connectivity index is 2.50. The number of hydrogen-bond donors (Lipinski definition) is 1. The highest BCUT2D eigenvalue weighted by molar-refractivity contribution is 9.10. The number of benzene rings is 2. The lowest BCUT2D eigenvalue weighted by molar-refractivity contribution is 0.415. The summed E-state index contributed by atoms with van der Waals surface area (Å²) in [6.07, 6.45) is 0. The highest BCUT2D eigenvalue weighted by Gasteiger charge is 2.15. The molecule has 104 valence electrons. The van der Waals surface area contributed by atoms with Crippen molar-refractivity contribution < 1.29 is 13.5 Å². The first-order valence-electron chi connectivity index (χ1n) is 5.30. The smallest absolute Gasteiger partial charge is 0.201 e. The van der Waals surface area contributed by atoms with Gasteiger partial charge in [-0.05, 0) is 30.3 Å². The van der Waals surface area contributed by atoms with E-state index in [9.17, 15) is 8.78 Å². The van der Waals surface area contributed by atoms with Crippen molar-refractivity contribution in [3.05, 3.63) is 56.5 Å². The van der Waals surface area contributed by atoms with Crippen molar-refractivity contribution in [1.82, 2.24) is 0 Å². The molecule has 0 radical (unpaired) electrons. The van der Waals surface area contributed by atoms with Crippen LogP contribution in [0.2, 0.25) is 0 Å². The largest absolute Gasteiger partial charge is 0.453 e. The normalized spacial score (nSPS) is 10.4. The molecule has 2 N–H and O–H groups in total. The van der Waals surface area contributed by atoms with Gasteiger partial charge in [0.25, 0.3) is 0 Å². The SMILES string of the molecule is NC(=S)c1ccc(Br)cc1Oc1cc(Br)cc(F)c1F. The van der Waals surface area contributed by atoms with Crippen molar-refractivity contribution in [2.75, 3.05) is 0 Å². The molecule has 0 amide bonds. The Morgan fingerprint density at radius 2 is 1.70 bits per heavy atom. The predicted molar refractivity (Wildman–Crippen MR) is 84.2 cm³/mol. The quantitative estimate of drug-likeness (QED) is 0.563. The van der Waals surface area contributed by atoms with Crippen LogP contribution in [0.25, 0.3) is 0 Å². The van der Waals surface area contributed by atoms with Gasteiger partial charge >= 0.3 is 0 Å². The molecular weight excluding hydrogens is 416 g/mol. The molecule has 0 heterocycles. The van der Waals surface area contributed by atoms with E-state index in [4.69, 9.17) is 22.7 Å². The van der Waals surface area contributed by atoms with Crippen molar-refractivity contribution in [2.24, 2.45) is 5.73 Å². The summed E-state index contributed by atoms with van der Waals surface area (Å²) in [5.41, 5.74) is 6.01. The Kier molecular flexibility index (Phi) is 4.72. The Morgan fingerprint density at radius 3 is 2.35 bits per heavy atom. The van der Waals surface area contributed by atoms with Gasteiger partial charge in [-0.15, -0.1) is 0 Å². The zero-order chi connectivity index (χ0) is 14.9. The number of rotatable bonds is 3. The summed E-state index contributed by atoms with van der Waals surface area (Å²) < 4.78 is 33.5. The number of halogens is 4. The first-order valence-corrected chi connectivity index (χ1v) is 7.29. The van der Waals surface area contributed by atoms with Crippen LogP contribution in [-0.2, 0) is 0 Å². The number of ether oxygens (including phenoxy) is 1. The van der Waals surface area contributed by atoms with Gasteiger partial charge in [0, 0.05) is 8.95 Å². The predicted octanol–water partition coefficient (Wildman–Crippen LogP) is 4.92. The minimum absolute atomic E-state index is 0.100. The first kappa shape index (κ1) is 15.3. The molecule has 0 unspecified atom stereocenters. The monoisotopic (exact) mass is 421 g/mol. The van der Waals surface area contributed by atoms with Crippen LogP contribution in [0.5, 0.6) is 11.5 Å². The van der Waals surface area contributed by atoms with Crippen molar-refractivity contribution in [3.8, 4) is 11.5 Å². The molecule has 0 atom stereocenters. The van der Waals surface area contributed by atoms with Crippen molar-refractivity contribution in [1.29, 1.82) is 0 Å². The molecule has 2 rings (SSSR count). The highest BCUT2D eigenvalue weighted by Crippen LogP contribution is 2.33. The average molecular weight is 423 g/mol. The van der Waals surface area contributed by atoms with Gasteiger partial charge in [0.2, 0.25) is 5.82 Å². The van der Waals surface area contributed by atoms with Gasteiger partial charge in [-0.3, -0.25) is 0 Å². The van der Waals surface area contributed by atoms with E-state index in [1.165, 1.54) is 6.07 Å². The van der Waals surface area contributed by atoms with E-state index in [1.54, 1.807) is 18.2 Å². The third kappa shape index (κ3) is 3.34. The van der Waals surface area contributed by atoms with Crippen LogP contribution in [0.4, 0.5) is 8.78 Å². The second kappa shape index (κ2) is 6.15. The molecule has 0 saturated heterocycles. The maximum atomic E-state index is 13.7. The van der Waals surface area contributed by atoms with Crippen molar-refractivity contribution in [3.63, 3.8) is 0 Å². The summed E-state index contributed by atoms with van der Waals surface area (Å²) >= 11 is 11.2. The van der Waals surface area contributed by atoms with Gasteiger partial charge in [0.15, 0.2) is 11.6 Å². The Labute approximate surface area is 136 Å². The van der Waals surface area contributed by atoms with Gasteiger partial charge in [-0.2, -0.15) is 4.39 Å². The summed E-state index contributed by atoms with van der Waals surface area (Å²) in [6, 6.07) is 7.26. The second-order valence-corrected chi connectivity index (χ2v) is 6.08. The zero-order valence-corrected chi connectivity index (χ0v) is 13.8. The third-order valence-corrected chi connectivity index (χ3v) is 3.56. The average Bonchev–Trinajstić information content (AvgIpc) is 2.35. The van der Waals surface area contributed by atoms with E-state index in [2.05, 4.69) is 31.9 Å². The fraction of sp³-hybridized carbons (Fsp3) is 0. The zero-order valence-electron chi connectivity index (χ0n) is 9.79. The summed E-state index contributed by atoms with van der Waals surface area (Å²) in [7, 11) is 0. The van der Waals surface area contributed by atoms with E-state index in [0.29, 0.717) is 14.5 Å². The Hall–Kier alpha value is -1.05. The molecule has 2 aromatic carbocycles. The van der Waals surface area contributed by atoms with Crippen LogP contribution >= 0.6 is 44.1 Å². The molecule has 0 saturated carbocycles. The first-order chi connectivity index (χ1) is 9.38. The molecule has 0 bridgehead atoms. The van der Waals surface area contributed by atoms with Crippen LogP contribution < -0.4 is 10.5 Å². The number of thiocarbonyl (C=S) groups is 1. The van der Waals surface area contributed by atoms with E-state index in [-0.39, 0.29) is 16.5 Å². The highest BCUT2D eigenvalue weighted by atomic mass is 79.9. The van der Waals surface area contributed by atoms with Crippen molar-refractivity contribution in [2.45, 2.75) is 0 Å². The Bertz CT molecular complexity index is 694. The lowest BCUT2D eigenvalue weighted by atomic mass is 10.2. The topological polar surface area (TPSA) is 35.2 Å². The van der Waals surface area contributed by atoms with Crippen LogP contribution in [-0.4, -0.2) is 4.99 Å². The summed E-state index contributed by atoms with van der Waals surface area (Å²) in [4.78, 5) is 0.100. The van der Waals surface area contributed by atoms with E-state index < -0.39 is 11.6 Å². The number of nitrogens with two attached hydrogens (primary N) is 1. The summed E-state index contributed by atoms with van der Waals surface area (Å²) in [5, 5.41) is 0. The van der Waals surface area contributed by atoms with Gasteiger partial charge in [-0.1, -0.05) is 44.1 Å². The minimum Gasteiger partial charge on any atom is -0.453 e. The fourth-order valence-corrected chi connectivity index (χ4v) is 2.43. The van der Waals surface area contributed by atoms with Gasteiger partial charge in [0.1, 0.15) is 10.7 Å². The molecule has 0 aromatic heterocycles. The van der Waals surface area contributed by atoms with E-state index in [0.717, 1.165) is 6.07 Å². The Morgan fingerprint density at radius 1 is 1.05 bits per heavy atom. The fourth-order valence-electron chi connectivity index (χ4n) is 1.51. The maximum absolute atomic E-state index is 13.7. The summed E-state index contributed by atoms with van der Waals surface area (Å²) in [6.45, 7) is 0. The van der Waals surface area contributed by atoms with Gasteiger partial charge < -0.3 is 10.5 Å². The molecule has 0 aliphatic carbocycles. The van der Waals surface area contributed by atoms with Crippen LogP contribution in [0.15, 0.2) is 39.3 Å². The van der Waals surface area contributed by atoms with Crippen LogP contribution in [0.3, 0.4) is 0 Å². The molecule has 0 spiro atoms. The van der Waals surface area contributed by atoms with Crippen molar-refractivity contribution >= 4 is 49.1 Å². The molecule has 7 heteroatoms. The lowest BCUT2D eigenvalue weighted by Gasteiger charge is -2.12. The van der Waals surface area contributed by atoms with Crippen LogP contribution in [0.1, 0.15) is 5.56 Å². The molecular formula is C13H7Br2F2NOS. The van der Waals surface area contributed by atoms with Crippen LogP contribution in [0, 0.1) is 11.6 Å². The number of hydrogen-bond acceptors (Lipinski definition) is 2. The van der Waals surface area contributed by atoms with E-state index in [1.807, 2.05) is 0 Å². The minimum atomic E-state index is -1.08.